The Morgan fingerprint density at radius 1 is 1.07 bits per heavy atom. The smallest absolute Gasteiger partial charge is 0.335 e. The Morgan fingerprint density at radius 2 is 1.43 bits per heavy atom. The molecule has 0 unspecified atom stereocenters. The van der Waals surface area contributed by atoms with Gasteiger partial charge in [0.05, 0.1) is 5.56 Å². The number of rotatable bonds is 1. The first-order chi connectivity index (χ1) is 6.30. The molecule has 0 bridgehead atoms. The number of halogens is 4. The summed E-state index contributed by atoms with van der Waals surface area (Å²) in [5, 5.41) is 8.38. The number of carbonyl (C=O) groups is 1. The Morgan fingerprint density at radius 3 is 1.64 bits per heavy atom. The predicted molar refractivity (Wildman–Crippen MR) is 59.5 cm³/mol. The van der Waals surface area contributed by atoms with E-state index >= 15 is 0 Å². The van der Waals surface area contributed by atoms with Crippen molar-refractivity contribution in [1.82, 2.24) is 0 Å². The average Bonchev–Trinajstić information content (AvgIpc) is 2.03. The molecule has 0 heterocycles. The largest absolute Gasteiger partial charge is 0.478 e. The van der Waals surface area contributed by atoms with E-state index in [1.54, 1.807) is 30.3 Å². The van der Waals surface area contributed by atoms with E-state index in [2.05, 4.69) is 0 Å². The molecular formula is C8H6Cl4O2. The van der Waals surface area contributed by atoms with E-state index in [0.717, 1.165) is 0 Å². The van der Waals surface area contributed by atoms with Crippen LogP contribution >= 0.6 is 46.4 Å². The van der Waals surface area contributed by atoms with Crippen molar-refractivity contribution in [1.29, 1.82) is 0 Å². The molecule has 78 valence electrons. The monoisotopic (exact) mass is 274 g/mol. The van der Waals surface area contributed by atoms with Gasteiger partial charge in [0.2, 0.25) is 0 Å². The summed E-state index contributed by atoms with van der Waals surface area (Å²) in [5.74, 6) is -0.879. The Labute approximate surface area is 101 Å². The van der Waals surface area contributed by atoms with Gasteiger partial charge in [-0.15, -0.1) is 0 Å². The third-order valence-electron chi connectivity index (χ3n) is 1.02. The topological polar surface area (TPSA) is 37.3 Å². The number of aromatic carboxylic acids is 1. The number of benzene rings is 1. The van der Waals surface area contributed by atoms with Crippen molar-refractivity contribution >= 4 is 52.4 Å². The van der Waals surface area contributed by atoms with Crippen molar-refractivity contribution in [3.05, 3.63) is 35.9 Å². The zero-order valence-electron chi connectivity index (χ0n) is 6.75. The van der Waals surface area contributed by atoms with Crippen LogP contribution in [0.3, 0.4) is 0 Å². The van der Waals surface area contributed by atoms with Gasteiger partial charge in [0.25, 0.3) is 3.25 Å². The Kier molecular flexibility index (Phi) is 6.29. The average molecular weight is 276 g/mol. The highest BCUT2D eigenvalue weighted by molar-refractivity contribution is 6.83. The van der Waals surface area contributed by atoms with Crippen LogP contribution < -0.4 is 0 Å². The standard InChI is InChI=1S/C7H6O2.CCl4/c8-7(9)6-4-2-1-3-5-6;2-1(3,4)5/h1-5H,(H,8,9);. The van der Waals surface area contributed by atoms with Gasteiger partial charge >= 0.3 is 5.97 Å². The molecule has 0 aromatic heterocycles. The molecule has 0 amide bonds. The maximum absolute atomic E-state index is 10.2. The summed E-state index contributed by atoms with van der Waals surface area (Å²) in [7, 11) is 0. The summed E-state index contributed by atoms with van der Waals surface area (Å²) in [6.07, 6.45) is 0. The number of carboxylic acid groups (broad SMARTS) is 1. The van der Waals surface area contributed by atoms with Gasteiger partial charge in [0, 0.05) is 0 Å². The van der Waals surface area contributed by atoms with E-state index in [4.69, 9.17) is 51.5 Å². The number of hydrogen-bond acceptors (Lipinski definition) is 1. The van der Waals surface area contributed by atoms with Crippen LogP contribution in [0.4, 0.5) is 0 Å². The SMILES string of the molecule is ClC(Cl)(Cl)Cl.O=C(O)c1ccccc1. The molecule has 1 aromatic carbocycles. The van der Waals surface area contributed by atoms with Gasteiger partial charge in [0.15, 0.2) is 0 Å². The highest BCUT2D eigenvalue weighted by Gasteiger charge is 2.11. The van der Waals surface area contributed by atoms with E-state index in [1.165, 1.54) is 0 Å². The molecule has 0 aliphatic carbocycles. The van der Waals surface area contributed by atoms with Crippen LogP contribution in [0.15, 0.2) is 30.3 Å². The van der Waals surface area contributed by atoms with Crippen LogP contribution in [-0.4, -0.2) is 14.3 Å². The van der Waals surface area contributed by atoms with Crippen molar-refractivity contribution < 1.29 is 9.90 Å². The Balaban J connectivity index is 0.000000292. The van der Waals surface area contributed by atoms with E-state index in [0.29, 0.717) is 5.56 Å². The lowest BCUT2D eigenvalue weighted by Crippen LogP contribution is -1.93. The maximum Gasteiger partial charge on any atom is 0.335 e. The first-order valence-electron chi connectivity index (χ1n) is 3.34. The lowest BCUT2D eigenvalue weighted by Gasteiger charge is -1.91. The van der Waals surface area contributed by atoms with Gasteiger partial charge in [-0.25, -0.2) is 4.79 Å². The highest BCUT2D eigenvalue weighted by atomic mass is 35.6. The minimum Gasteiger partial charge on any atom is -0.478 e. The highest BCUT2D eigenvalue weighted by Crippen LogP contribution is 2.29. The molecule has 1 aromatic rings. The van der Waals surface area contributed by atoms with Crippen LogP contribution in [0, 0.1) is 0 Å². The molecule has 0 atom stereocenters. The first-order valence-corrected chi connectivity index (χ1v) is 4.86. The maximum atomic E-state index is 10.2. The minimum absolute atomic E-state index is 0.331. The normalized spacial score (nSPS) is 10.0. The van der Waals surface area contributed by atoms with Crippen molar-refractivity contribution in [2.24, 2.45) is 0 Å². The summed E-state index contributed by atoms with van der Waals surface area (Å²) in [5.41, 5.74) is 0.331. The van der Waals surface area contributed by atoms with Crippen molar-refractivity contribution in [3.8, 4) is 0 Å². The first kappa shape index (κ1) is 13.8. The molecular weight excluding hydrogens is 270 g/mol. The molecule has 6 heteroatoms. The predicted octanol–water partition coefficient (Wildman–Crippen LogP) is 3.94. The molecule has 2 nitrogen and oxygen atoms in total. The van der Waals surface area contributed by atoms with Crippen LogP contribution in [0.1, 0.15) is 10.4 Å². The fourth-order valence-corrected chi connectivity index (χ4v) is 0.581. The molecule has 0 aliphatic rings. The number of hydrogen-bond donors (Lipinski definition) is 1. The molecule has 0 saturated heterocycles. The molecule has 14 heavy (non-hydrogen) atoms. The van der Waals surface area contributed by atoms with Crippen LogP contribution in [-0.2, 0) is 0 Å². The molecule has 0 aliphatic heterocycles. The third kappa shape index (κ3) is 9.93. The quantitative estimate of drug-likeness (QED) is 0.789. The van der Waals surface area contributed by atoms with Crippen LogP contribution in [0.2, 0.25) is 0 Å². The second-order valence-electron chi connectivity index (χ2n) is 2.10. The zero-order valence-corrected chi connectivity index (χ0v) is 9.78. The van der Waals surface area contributed by atoms with Gasteiger partial charge in [-0.2, -0.15) is 0 Å². The number of alkyl halides is 4. The number of carboxylic acids is 1. The molecule has 0 fully saturated rings. The third-order valence-corrected chi connectivity index (χ3v) is 1.02. The van der Waals surface area contributed by atoms with Gasteiger partial charge in [-0.3, -0.25) is 0 Å². The van der Waals surface area contributed by atoms with E-state index < -0.39 is 9.22 Å². The molecule has 1 rings (SSSR count). The van der Waals surface area contributed by atoms with E-state index in [1.807, 2.05) is 0 Å². The lowest BCUT2D eigenvalue weighted by molar-refractivity contribution is 0.0697. The summed E-state index contributed by atoms with van der Waals surface area (Å²) in [6, 6.07) is 8.30. The second-order valence-corrected chi connectivity index (χ2v) is 5.53. The van der Waals surface area contributed by atoms with Gasteiger partial charge in [-0.05, 0) is 12.1 Å². The van der Waals surface area contributed by atoms with Crippen LogP contribution in [0.5, 0.6) is 0 Å². The van der Waals surface area contributed by atoms with Crippen molar-refractivity contribution in [2.75, 3.05) is 0 Å². The summed E-state index contributed by atoms with van der Waals surface area (Å²) < 4.78 is -1.61. The van der Waals surface area contributed by atoms with Crippen LogP contribution in [0.25, 0.3) is 0 Å². The molecule has 0 spiro atoms. The van der Waals surface area contributed by atoms with Crippen molar-refractivity contribution in [2.45, 2.75) is 3.25 Å². The molecule has 1 N–H and O–H groups in total. The van der Waals surface area contributed by atoms with Gasteiger partial charge < -0.3 is 5.11 Å². The van der Waals surface area contributed by atoms with Crippen molar-refractivity contribution in [3.63, 3.8) is 0 Å². The van der Waals surface area contributed by atoms with E-state index in [-0.39, 0.29) is 0 Å². The Bertz CT molecular complexity index is 275. The molecule has 0 radical (unpaired) electrons. The summed E-state index contributed by atoms with van der Waals surface area (Å²) >= 11 is 19.3. The fraction of sp³-hybridized carbons (Fsp3) is 0.125. The van der Waals surface area contributed by atoms with E-state index in [9.17, 15) is 4.79 Å². The fourth-order valence-electron chi connectivity index (χ4n) is 0.581. The Hall–Kier alpha value is -0.150. The zero-order chi connectivity index (χ0) is 11.2. The summed E-state index contributed by atoms with van der Waals surface area (Å²) in [6.45, 7) is 0. The van der Waals surface area contributed by atoms with Gasteiger partial charge in [-0.1, -0.05) is 64.6 Å². The lowest BCUT2D eigenvalue weighted by atomic mass is 10.2. The second kappa shape index (κ2) is 6.36. The van der Waals surface area contributed by atoms with Gasteiger partial charge in [0.1, 0.15) is 0 Å². The summed E-state index contributed by atoms with van der Waals surface area (Å²) in [4.78, 5) is 10.2. The molecule has 0 saturated carbocycles. The minimum atomic E-state index is -1.61.